The minimum atomic E-state index is -2.86. The van der Waals surface area contributed by atoms with Crippen LogP contribution in [0.5, 0.6) is 0 Å². The number of likely N-dealkylation sites (tertiary alicyclic amines) is 1. The standard InChI is InChI=1S/C43H51F2N13O4/c44-39(45)38-33(49-43(61)37-40-46-13-2-14-55(40)52-41(37)54-22-30-17-29(54)24-62-30)23-57(51-38)27-7-5-25(6-8-27)20-53-15-11-28(12-16-53)56-21-26(18-47-56)31-3-1-4-34-32(31)19-48-58(34)35-9-10-36(59)50-42(35)60/h1-4,13-14,18-19,21,23,25,27-30,35-36,39,42,50,59-60H,5-12,15-17,20,22,24H2,(H,49,61)/t25?,27?,29-,30-,35-,36-,42-/m1/s1. The summed E-state index contributed by atoms with van der Waals surface area (Å²) in [5, 5.41) is 45.6. The number of piperidine rings is 2. The number of hydrogen-bond donors (Lipinski definition) is 4. The number of benzene rings is 1. The van der Waals surface area contributed by atoms with Crippen molar-refractivity contribution in [2.24, 2.45) is 5.92 Å². The van der Waals surface area contributed by atoms with Gasteiger partial charge in [0.1, 0.15) is 18.0 Å². The SMILES string of the molecule is O=C(Nc1cn(C2CCC(CN3CCC(n4cc(-c5cccc6c5cnn6[C@@H]5CC[C@@H](O)N[C@@H]5O)cn4)CC3)CC2)nc1C(F)F)c1c(N2C[C@H]3C[C@@H]2CO3)nn2cccnc12. The largest absolute Gasteiger partial charge is 0.379 e. The van der Waals surface area contributed by atoms with Crippen molar-refractivity contribution in [1.82, 2.24) is 54.2 Å². The predicted octanol–water partition coefficient (Wildman–Crippen LogP) is 4.94. The highest BCUT2D eigenvalue weighted by atomic mass is 19.3. The van der Waals surface area contributed by atoms with E-state index in [2.05, 4.69) is 57.7 Å². The number of hydrogen-bond acceptors (Lipinski definition) is 12. The number of nitrogens with one attached hydrogen (secondary N) is 2. The number of anilines is 2. The second kappa shape index (κ2) is 16.1. The monoisotopic (exact) mass is 851 g/mol. The molecule has 2 bridgehead atoms. The van der Waals surface area contributed by atoms with Gasteiger partial charge in [-0.2, -0.15) is 15.3 Å². The smallest absolute Gasteiger partial charge is 0.284 e. The van der Waals surface area contributed by atoms with Gasteiger partial charge in [0.2, 0.25) is 0 Å². The van der Waals surface area contributed by atoms with Crippen molar-refractivity contribution in [3.63, 3.8) is 0 Å². The molecule has 11 rings (SSSR count). The Labute approximate surface area is 355 Å². The molecule has 5 aromatic heterocycles. The Morgan fingerprint density at radius 3 is 2.55 bits per heavy atom. The average Bonchev–Trinajstić information content (AvgIpc) is 4.15. The molecule has 0 radical (unpaired) electrons. The van der Waals surface area contributed by atoms with Gasteiger partial charge in [0.15, 0.2) is 17.2 Å². The number of aromatic nitrogens is 9. The number of carbonyl (C=O) groups is 1. The van der Waals surface area contributed by atoms with E-state index in [4.69, 9.17) is 9.84 Å². The number of rotatable bonds is 10. The van der Waals surface area contributed by atoms with Gasteiger partial charge in [-0.15, -0.1) is 5.10 Å². The number of alkyl halides is 2. The molecule has 4 aliphatic heterocycles. The lowest BCUT2D eigenvalue weighted by Crippen LogP contribution is -2.48. The number of nitrogens with zero attached hydrogens (tertiary/aromatic N) is 11. The van der Waals surface area contributed by atoms with Crippen LogP contribution in [-0.4, -0.2) is 122 Å². The first-order valence-corrected chi connectivity index (χ1v) is 22.0. The topological polar surface area (TPSA) is 181 Å². The summed E-state index contributed by atoms with van der Waals surface area (Å²) in [7, 11) is 0. The lowest BCUT2D eigenvalue weighted by Gasteiger charge is -2.36. The van der Waals surface area contributed by atoms with E-state index in [0.717, 1.165) is 86.6 Å². The molecule has 1 amide bonds. The fourth-order valence-corrected chi connectivity index (χ4v) is 10.7. The number of carbonyl (C=O) groups excluding carboxylic acids is 1. The molecule has 1 saturated carbocycles. The van der Waals surface area contributed by atoms with E-state index in [9.17, 15) is 23.8 Å². The van der Waals surface area contributed by atoms with Gasteiger partial charge in [-0.1, -0.05) is 12.1 Å². The molecule has 5 fully saturated rings. The van der Waals surface area contributed by atoms with Crippen LogP contribution in [-0.2, 0) is 4.74 Å². The number of aliphatic hydroxyl groups excluding tert-OH is 2. The van der Waals surface area contributed by atoms with Crippen LogP contribution >= 0.6 is 0 Å². The van der Waals surface area contributed by atoms with Gasteiger partial charge in [-0.3, -0.25) is 24.2 Å². The number of halogens is 2. The van der Waals surface area contributed by atoms with E-state index >= 15 is 0 Å². The molecule has 19 heteroatoms. The van der Waals surface area contributed by atoms with E-state index in [1.165, 1.54) is 0 Å². The number of morpholine rings is 1. The van der Waals surface area contributed by atoms with Crippen LogP contribution in [0.2, 0.25) is 0 Å². The Morgan fingerprint density at radius 2 is 1.77 bits per heavy atom. The third-order valence-corrected chi connectivity index (χ3v) is 14.0. The number of ether oxygens (including phenoxy) is 1. The zero-order chi connectivity index (χ0) is 42.1. The van der Waals surface area contributed by atoms with E-state index < -0.39 is 30.5 Å². The number of amides is 1. The summed E-state index contributed by atoms with van der Waals surface area (Å²) in [6, 6.07) is 7.94. The molecule has 6 aromatic rings. The highest BCUT2D eigenvalue weighted by molar-refractivity contribution is 6.12. The van der Waals surface area contributed by atoms with Gasteiger partial charge in [0.25, 0.3) is 12.3 Å². The van der Waals surface area contributed by atoms with Gasteiger partial charge < -0.3 is 30.1 Å². The molecule has 0 spiro atoms. The Kier molecular flexibility index (Phi) is 10.3. The van der Waals surface area contributed by atoms with Crippen molar-refractivity contribution >= 4 is 34.0 Å². The minimum Gasteiger partial charge on any atom is -0.379 e. The predicted molar refractivity (Wildman–Crippen MR) is 224 cm³/mol. The highest BCUT2D eigenvalue weighted by Gasteiger charge is 2.42. The van der Waals surface area contributed by atoms with Crippen molar-refractivity contribution in [1.29, 1.82) is 0 Å². The van der Waals surface area contributed by atoms with Crippen LogP contribution in [0.3, 0.4) is 0 Å². The molecule has 0 unspecified atom stereocenters. The van der Waals surface area contributed by atoms with E-state index in [1.807, 2.05) is 29.2 Å². The Bertz CT molecular complexity index is 2570. The van der Waals surface area contributed by atoms with Gasteiger partial charge in [0.05, 0.1) is 60.5 Å². The zero-order valence-corrected chi connectivity index (χ0v) is 34.3. The van der Waals surface area contributed by atoms with Crippen molar-refractivity contribution in [3.05, 3.63) is 72.7 Å². The lowest BCUT2D eigenvalue weighted by molar-refractivity contribution is -0.0296. The second-order valence-electron chi connectivity index (χ2n) is 17.8. The maximum absolute atomic E-state index is 14.4. The summed E-state index contributed by atoms with van der Waals surface area (Å²) in [4.78, 5) is 23.0. The molecule has 1 aromatic carbocycles. The number of aliphatic hydroxyl groups is 2. The Hall–Kier alpha value is -5.34. The van der Waals surface area contributed by atoms with Crippen molar-refractivity contribution in [2.75, 3.05) is 43.0 Å². The normalized spacial score (nSPS) is 27.3. The molecular formula is C43H51F2N13O4. The summed E-state index contributed by atoms with van der Waals surface area (Å²) in [5.41, 5.74) is 3.19. The fraction of sp³-hybridized carbons (Fsp3) is 0.535. The van der Waals surface area contributed by atoms with Crippen LogP contribution in [0.4, 0.5) is 20.3 Å². The van der Waals surface area contributed by atoms with Crippen molar-refractivity contribution < 1.29 is 28.5 Å². The molecule has 1 aliphatic carbocycles. The zero-order valence-electron chi connectivity index (χ0n) is 34.3. The second-order valence-corrected chi connectivity index (χ2v) is 17.8. The van der Waals surface area contributed by atoms with Crippen LogP contribution in [0.25, 0.3) is 27.7 Å². The fourth-order valence-electron chi connectivity index (χ4n) is 10.7. The quantitative estimate of drug-likeness (QED) is 0.146. The molecule has 62 heavy (non-hydrogen) atoms. The Morgan fingerprint density at radius 1 is 0.935 bits per heavy atom. The molecular weight excluding hydrogens is 801 g/mol. The van der Waals surface area contributed by atoms with Crippen LogP contribution in [0.1, 0.15) is 98.4 Å². The first kappa shape index (κ1) is 39.5. The van der Waals surface area contributed by atoms with Gasteiger partial charge in [0, 0.05) is 61.9 Å². The molecule has 5 atom stereocenters. The third kappa shape index (κ3) is 7.22. The highest BCUT2D eigenvalue weighted by Crippen LogP contribution is 2.39. The van der Waals surface area contributed by atoms with Gasteiger partial charge in [-0.05, 0) is 81.4 Å². The average molecular weight is 852 g/mol. The van der Waals surface area contributed by atoms with Crippen molar-refractivity contribution in [3.8, 4) is 11.1 Å². The van der Waals surface area contributed by atoms with Gasteiger partial charge >= 0.3 is 0 Å². The molecule has 5 aliphatic rings. The molecule has 4 saturated heterocycles. The van der Waals surface area contributed by atoms with E-state index in [-0.39, 0.29) is 35.5 Å². The summed E-state index contributed by atoms with van der Waals surface area (Å²) >= 11 is 0. The first-order valence-electron chi connectivity index (χ1n) is 22.0. The molecule has 17 nitrogen and oxygen atoms in total. The summed E-state index contributed by atoms with van der Waals surface area (Å²) in [6.45, 7) is 4.12. The van der Waals surface area contributed by atoms with Crippen molar-refractivity contribution in [2.45, 2.75) is 107 Å². The van der Waals surface area contributed by atoms with E-state index in [0.29, 0.717) is 49.4 Å². The summed E-state index contributed by atoms with van der Waals surface area (Å²) in [6.07, 6.45) is 14.0. The van der Waals surface area contributed by atoms with Crippen LogP contribution in [0.15, 0.2) is 61.4 Å². The molecule has 9 heterocycles. The summed E-state index contributed by atoms with van der Waals surface area (Å²) in [5.74, 6) is 0.446. The Balaban J connectivity index is 0.700. The number of fused-ring (bicyclic) bond motifs is 4. The molecule has 326 valence electrons. The van der Waals surface area contributed by atoms with E-state index in [1.54, 1.807) is 33.9 Å². The maximum atomic E-state index is 14.4. The van der Waals surface area contributed by atoms with Crippen LogP contribution in [0, 0.1) is 5.92 Å². The third-order valence-electron chi connectivity index (χ3n) is 14.0. The van der Waals surface area contributed by atoms with Gasteiger partial charge in [-0.25, -0.2) is 18.3 Å². The lowest BCUT2D eigenvalue weighted by atomic mass is 9.85. The summed E-state index contributed by atoms with van der Waals surface area (Å²) < 4.78 is 41.8. The maximum Gasteiger partial charge on any atom is 0.284 e. The minimum absolute atomic E-state index is 0.00959. The first-order chi connectivity index (χ1) is 30.2. The van der Waals surface area contributed by atoms with Crippen LogP contribution < -0.4 is 15.5 Å². The molecule has 4 N–H and O–H groups in total.